The van der Waals surface area contributed by atoms with E-state index >= 15 is 0 Å². The number of hydrogen-bond donors (Lipinski definition) is 1. The fourth-order valence-corrected chi connectivity index (χ4v) is 4.31. The van der Waals surface area contributed by atoms with Crippen LogP contribution in [0.2, 0.25) is 0 Å². The van der Waals surface area contributed by atoms with E-state index < -0.39 is 0 Å². The Kier molecular flexibility index (Phi) is 6.00. The number of benzene rings is 1. The van der Waals surface area contributed by atoms with Crippen LogP contribution in [0.25, 0.3) is 22.2 Å². The Hall–Kier alpha value is -3.59. The molecule has 4 aromatic rings. The smallest absolute Gasteiger partial charge is 0.311 e. The van der Waals surface area contributed by atoms with Gasteiger partial charge >= 0.3 is 5.97 Å². The van der Waals surface area contributed by atoms with Gasteiger partial charge in [-0.25, -0.2) is 9.97 Å². The maximum absolute atomic E-state index is 13.2. The van der Waals surface area contributed by atoms with Gasteiger partial charge in [-0.3, -0.25) is 19.6 Å². The molecule has 32 heavy (non-hydrogen) atoms. The molecule has 0 aliphatic rings. The Bertz CT molecular complexity index is 1320. The molecule has 0 unspecified atom stereocenters. The molecule has 164 valence electrons. The van der Waals surface area contributed by atoms with Gasteiger partial charge in [-0.05, 0) is 32.9 Å². The van der Waals surface area contributed by atoms with E-state index in [1.165, 1.54) is 11.3 Å². The van der Waals surface area contributed by atoms with Gasteiger partial charge in [0.2, 0.25) is 0 Å². The Morgan fingerprint density at radius 1 is 1.19 bits per heavy atom. The second-order valence-corrected chi connectivity index (χ2v) is 8.18. The predicted octanol–water partition coefficient (Wildman–Crippen LogP) is 4.07. The first-order valence-corrected chi connectivity index (χ1v) is 11.1. The van der Waals surface area contributed by atoms with Crippen LogP contribution in [0.1, 0.15) is 34.4 Å². The zero-order valence-electron chi connectivity index (χ0n) is 18.3. The first-order valence-electron chi connectivity index (χ1n) is 10.2. The van der Waals surface area contributed by atoms with Crippen molar-refractivity contribution in [2.24, 2.45) is 7.05 Å². The number of hydrogen-bond acceptors (Lipinski definition) is 7. The maximum atomic E-state index is 13.2. The van der Waals surface area contributed by atoms with E-state index in [9.17, 15) is 9.59 Å². The summed E-state index contributed by atoms with van der Waals surface area (Å²) in [6.45, 7) is 5.98. The highest BCUT2D eigenvalue weighted by atomic mass is 32.1. The standard InChI is InChI=1S/C23H23N5O3S/c1-5-31-20(29)10-15-12-32-23(24-15)26-22(30)17-11-19(21-13(2)27-28(4)14(21)3)25-18-9-7-6-8-16(17)18/h6-9,11-12H,5,10H2,1-4H3,(H,24,26,30). The molecule has 0 aliphatic carbocycles. The molecule has 1 N–H and O–H groups in total. The Labute approximate surface area is 189 Å². The number of esters is 1. The Morgan fingerprint density at radius 3 is 2.69 bits per heavy atom. The summed E-state index contributed by atoms with van der Waals surface area (Å²) in [6.07, 6.45) is 0.0715. The largest absolute Gasteiger partial charge is 0.466 e. The molecule has 9 heteroatoms. The van der Waals surface area contributed by atoms with Gasteiger partial charge in [-0.1, -0.05) is 18.2 Å². The molecule has 0 bridgehead atoms. The number of fused-ring (bicyclic) bond motifs is 1. The van der Waals surface area contributed by atoms with Crippen molar-refractivity contribution >= 4 is 39.2 Å². The number of carbonyl (C=O) groups excluding carboxylic acids is 2. The molecule has 3 aromatic heterocycles. The normalized spacial score (nSPS) is 11.0. The van der Waals surface area contributed by atoms with Crippen LogP contribution in [0.15, 0.2) is 35.7 Å². The molecule has 0 saturated heterocycles. The number of aromatic nitrogens is 4. The second-order valence-electron chi connectivity index (χ2n) is 7.32. The minimum atomic E-state index is -0.345. The number of anilines is 1. The summed E-state index contributed by atoms with van der Waals surface area (Å²) < 4.78 is 6.76. The molecule has 0 atom stereocenters. The number of para-hydroxylation sites is 1. The van der Waals surface area contributed by atoms with Crippen LogP contribution in [-0.4, -0.2) is 38.2 Å². The van der Waals surface area contributed by atoms with Crippen LogP contribution >= 0.6 is 11.3 Å². The van der Waals surface area contributed by atoms with Crippen molar-refractivity contribution in [1.29, 1.82) is 0 Å². The monoisotopic (exact) mass is 449 g/mol. The molecule has 0 fully saturated rings. The molecular formula is C23H23N5O3S. The second kappa shape index (κ2) is 8.88. The van der Waals surface area contributed by atoms with Gasteiger partial charge < -0.3 is 4.74 Å². The lowest BCUT2D eigenvalue weighted by Crippen LogP contribution is -2.13. The third-order valence-electron chi connectivity index (χ3n) is 5.13. The van der Waals surface area contributed by atoms with Crippen LogP contribution in [0.5, 0.6) is 0 Å². The average Bonchev–Trinajstić information content (AvgIpc) is 3.29. The minimum absolute atomic E-state index is 0.0715. The lowest BCUT2D eigenvalue weighted by Gasteiger charge is -2.10. The van der Waals surface area contributed by atoms with E-state index in [1.807, 2.05) is 49.8 Å². The van der Waals surface area contributed by atoms with Crippen LogP contribution in [0.4, 0.5) is 5.13 Å². The topological polar surface area (TPSA) is 99.0 Å². The summed E-state index contributed by atoms with van der Waals surface area (Å²) >= 11 is 1.27. The number of carbonyl (C=O) groups is 2. The predicted molar refractivity (Wildman–Crippen MR) is 124 cm³/mol. The van der Waals surface area contributed by atoms with Gasteiger partial charge in [0.15, 0.2) is 5.13 Å². The van der Waals surface area contributed by atoms with Gasteiger partial charge in [0.25, 0.3) is 5.91 Å². The van der Waals surface area contributed by atoms with Crippen molar-refractivity contribution in [3.63, 3.8) is 0 Å². The number of amides is 1. The van der Waals surface area contributed by atoms with Crippen LogP contribution < -0.4 is 5.32 Å². The number of aryl methyl sites for hydroxylation is 2. The molecule has 0 spiro atoms. The zero-order valence-corrected chi connectivity index (χ0v) is 19.1. The minimum Gasteiger partial charge on any atom is -0.466 e. The van der Waals surface area contributed by atoms with Crippen molar-refractivity contribution in [2.75, 3.05) is 11.9 Å². The summed E-state index contributed by atoms with van der Waals surface area (Å²) in [5.41, 5.74) is 5.21. The highest BCUT2D eigenvalue weighted by molar-refractivity contribution is 7.14. The summed E-state index contributed by atoms with van der Waals surface area (Å²) in [4.78, 5) is 34.1. The SMILES string of the molecule is CCOC(=O)Cc1csc(NC(=O)c2cc(-c3c(C)nn(C)c3C)nc3ccccc23)n1. The summed E-state index contributed by atoms with van der Waals surface area (Å²) in [5, 5.41) is 10.2. The van der Waals surface area contributed by atoms with E-state index in [-0.39, 0.29) is 18.3 Å². The van der Waals surface area contributed by atoms with Crippen LogP contribution in [0.3, 0.4) is 0 Å². The number of nitrogens with one attached hydrogen (secondary N) is 1. The van der Waals surface area contributed by atoms with Gasteiger partial charge in [0.05, 0.1) is 41.2 Å². The lowest BCUT2D eigenvalue weighted by atomic mass is 10.0. The number of thiazole rings is 1. The van der Waals surface area contributed by atoms with Gasteiger partial charge in [0, 0.05) is 29.1 Å². The molecule has 1 aromatic carbocycles. The molecule has 0 radical (unpaired) electrons. The van der Waals surface area contributed by atoms with Gasteiger partial charge in [-0.2, -0.15) is 5.10 Å². The molecule has 8 nitrogen and oxygen atoms in total. The summed E-state index contributed by atoms with van der Waals surface area (Å²) in [5.74, 6) is -0.635. The van der Waals surface area contributed by atoms with Crippen molar-refractivity contribution in [3.8, 4) is 11.3 Å². The molecular weight excluding hydrogens is 426 g/mol. The first kappa shape index (κ1) is 21.6. The van der Waals surface area contributed by atoms with E-state index in [0.717, 1.165) is 27.9 Å². The fourth-order valence-electron chi connectivity index (χ4n) is 3.61. The number of nitrogens with zero attached hydrogens (tertiary/aromatic N) is 4. The summed E-state index contributed by atoms with van der Waals surface area (Å²) in [7, 11) is 1.89. The number of rotatable bonds is 6. The van der Waals surface area contributed by atoms with Crippen molar-refractivity contribution in [1.82, 2.24) is 19.7 Å². The first-order chi connectivity index (χ1) is 15.4. The van der Waals surface area contributed by atoms with E-state index in [1.54, 1.807) is 18.4 Å². The fraction of sp³-hybridized carbons (Fsp3) is 0.261. The van der Waals surface area contributed by atoms with Crippen molar-refractivity contribution < 1.29 is 14.3 Å². The number of pyridine rings is 1. The molecule has 3 heterocycles. The third kappa shape index (κ3) is 4.24. The van der Waals surface area contributed by atoms with Crippen molar-refractivity contribution in [2.45, 2.75) is 27.2 Å². The lowest BCUT2D eigenvalue weighted by molar-refractivity contribution is -0.142. The molecule has 0 aliphatic heterocycles. The van der Waals surface area contributed by atoms with Crippen LogP contribution in [-0.2, 0) is 23.0 Å². The molecule has 1 amide bonds. The van der Waals surface area contributed by atoms with Gasteiger partial charge in [0.1, 0.15) is 0 Å². The van der Waals surface area contributed by atoms with Crippen LogP contribution in [0, 0.1) is 13.8 Å². The third-order valence-corrected chi connectivity index (χ3v) is 5.94. The van der Waals surface area contributed by atoms with E-state index in [0.29, 0.717) is 28.7 Å². The average molecular weight is 450 g/mol. The van der Waals surface area contributed by atoms with E-state index in [4.69, 9.17) is 9.72 Å². The van der Waals surface area contributed by atoms with Crippen molar-refractivity contribution in [3.05, 3.63) is 58.4 Å². The Balaban J connectivity index is 1.68. The number of ether oxygens (including phenoxy) is 1. The summed E-state index contributed by atoms with van der Waals surface area (Å²) in [6, 6.07) is 9.32. The van der Waals surface area contributed by atoms with E-state index in [2.05, 4.69) is 15.4 Å². The zero-order chi connectivity index (χ0) is 22.8. The molecule has 0 saturated carbocycles. The highest BCUT2D eigenvalue weighted by Crippen LogP contribution is 2.30. The Morgan fingerprint density at radius 2 is 1.97 bits per heavy atom. The molecule has 4 rings (SSSR count). The highest BCUT2D eigenvalue weighted by Gasteiger charge is 2.19. The van der Waals surface area contributed by atoms with Gasteiger partial charge in [-0.15, -0.1) is 11.3 Å². The quantitative estimate of drug-likeness (QED) is 0.446. The maximum Gasteiger partial charge on any atom is 0.311 e.